The molecule has 3 N–H and O–H groups in total. The minimum atomic E-state index is -0.556. The van der Waals surface area contributed by atoms with Gasteiger partial charge in [0.25, 0.3) is 0 Å². The van der Waals surface area contributed by atoms with Crippen LogP contribution in [0.5, 0.6) is 0 Å². The number of rotatable bonds is 9. The van der Waals surface area contributed by atoms with Crippen LogP contribution in [0, 0.1) is 0 Å². The lowest BCUT2D eigenvalue weighted by Gasteiger charge is -2.32. The number of likely N-dealkylation sites (tertiary alicyclic amines) is 1. The van der Waals surface area contributed by atoms with Gasteiger partial charge >= 0.3 is 0 Å². The summed E-state index contributed by atoms with van der Waals surface area (Å²) in [5, 5.41) is 3.30. The van der Waals surface area contributed by atoms with Crippen molar-refractivity contribution >= 4 is 5.91 Å². The Bertz CT molecular complexity index is 338. The summed E-state index contributed by atoms with van der Waals surface area (Å²) >= 11 is 0. The average Bonchev–Trinajstić information content (AvgIpc) is 2.80. The van der Waals surface area contributed by atoms with Gasteiger partial charge in [0.2, 0.25) is 5.91 Å². The van der Waals surface area contributed by atoms with E-state index in [4.69, 9.17) is 10.5 Å². The van der Waals surface area contributed by atoms with Crippen molar-refractivity contribution in [2.24, 2.45) is 5.73 Å². The third kappa shape index (κ3) is 4.66. The second-order valence-corrected chi connectivity index (χ2v) is 6.80. The maximum Gasteiger partial charge on any atom is 0.237 e. The largest absolute Gasteiger partial charge is 0.372 e. The summed E-state index contributed by atoms with van der Waals surface area (Å²) in [4.78, 5) is 14.2. The van der Waals surface area contributed by atoms with Crippen LogP contribution in [0.1, 0.15) is 52.4 Å². The van der Waals surface area contributed by atoms with Gasteiger partial charge < -0.3 is 15.8 Å². The van der Waals surface area contributed by atoms with Crippen LogP contribution in [0.2, 0.25) is 0 Å². The molecule has 5 nitrogen and oxygen atoms in total. The fourth-order valence-corrected chi connectivity index (χ4v) is 3.40. The first-order chi connectivity index (χ1) is 10.0. The summed E-state index contributed by atoms with van der Waals surface area (Å²) in [5.41, 5.74) is 5.00. The minimum absolute atomic E-state index is 0.236. The number of unbranched alkanes of at least 4 members (excludes halogenated alkanes) is 1. The van der Waals surface area contributed by atoms with Crippen LogP contribution in [-0.2, 0) is 9.53 Å². The second kappa shape index (κ2) is 7.56. The first-order valence-corrected chi connectivity index (χ1v) is 8.46. The molecule has 2 rings (SSSR count). The topological polar surface area (TPSA) is 67.6 Å². The van der Waals surface area contributed by atoms with E-state index in [1.54, 1.807) is 0 Å². The molecule has 122 valence electrons. The highest BCUT2D eigenvalue weighted by molar-refractivity contribution is 5.84. The molecule has 2 aliphatic rings. The quantitative estimate of drug-likeness (QED) is 0.629. The molecule has 21 heavy (non-hydrogen) atoms. The zero-order valence-corrected chi connectivity index (χ0v) is 13.6. The highest BCUT2D eigenvalue weighted by Gasteiger charge is 2.33. The molecule has 2 saturated heterocycles. The number of carbonyl (C=O) groups is 1. The number of hydrogen-bond donors (Lipinski definition) is 2. The Morgan fingerprint density at radius 1 is 1.33 bits per heavy atom. The molecule has 0 radical (unpaired) electrons. The first-order valence-electron chi connectivity index (χ1n) is 8.46. The molecule has 1 amide bonds. The summed E-state index contributed by atoms with van der Waals surface area (Å²) in [7, 11) is 0. The molecule has 0 aromatic rings. The molecule has 3 atom stereocenters. The molecule has 0 aliphatic carbocycles. The maximum absolute atomic E-state index is 11.6. The molecular weight excluding hydrogens is 266 g/mol. The molecule has 3 unspecified atom stereocenters. The van der Waals surface area contributed by atoms with E-state index < -0.39 is 5.54 Å². The first kappa shape index (κ1) is 16.7. The minimum Gasteiger partial charge on any atom is -0.372 e. The van der Waals surface area contributed by atoms with Gasteiger partial charge in [0, 0.05) is 13.1 Å². The van der Waals surface area contributed by atoms with Crippen molar-refractivity contribution in [2.75, 3.05) is 26.2 Å². The zero-order valence-electron chi connectivity index (χ0n) is 13.6. The van der Waals surface area contributed by atoms with Crippen molar-refractivity contribution in [2.45, 2.75) is 70.1 Å². The molecule has 2 heterocycles. The average molecular weight is 297 g/mol. The Hall–Kier alpha value is -0.650. The Labute approximate surface area is 128 Å². The number of primary amides is 1. The number of nitrogens with one attached hydrogen (secondary N) is 1. The Balaban J connectivity index is 1.66. The van der Waals surface area contributed by atoms with E-state index >= 15 is 0 Å². The van der Waals surface area contributed by atoms with Gasteiger partial charge in [-0.05, 0) is 58.5 Å². The standard InChI is InChI=1S/C16H31N3O2/c1-3-9-18-16(2,15(17)20)8-4-5-10-19-11-13-6-7-14(12-19)21-13/h13-14,18H,3-12H2,1-2H3,(H2,17,20). The smallest absolute Gasteiger partial charge is 0.237 e. The molecule has 0 aromatic heterocycles. The highest BCUT2D eigenvalue weighted by atomic mass is 16.5. The lowest BCUT2D eigenvalue weighted by Crippen LogP contribution is -2.53. The summed E-state index contributed by atoms with van der Waals surface area (Å²) in [6.45, 7) is 8.14. The Morgan fingerprint density at radius 3 is 2.57 bits per heavy atom. The number of amides is 1. The van der Waals surface area contributed by atoms with Gasteiger partial charge in [0.05, 0.1) is 17.7 Å². The van der Waals surface area contributed by atoms with E-state index in [-0.39, 0.29) is 5.91 Å². The van der Waals surface area contributed by atoms with Gasteiger partial charge in [0.1, 0.15) is 0 Å². The van der Waals surface area contributed by atoms with Crippen LogP contribution in [0.4, 0.5) is 0 Å². The van der Waals surface area contributed by atoms with E-state index in [9.17, 15) is 4.79 Å². The third-order valence-corrected chi connectivity index (χ3v) is 4.83. The maximum atomic E-state index is 11.6. The van der Waals surface area contributed by atoms with Crippen LogP contribution in [0.3, 0.4) is 0 Å². The van der Waals surface area contributed by atoms with Crippen LogP contribution in [-0.4, -0.2) is 54.7 Å². The fourth-order valence-electron chi connectivity index (χ4n) is 3.40. The lowest BCUT2D eigenvalue weighted by molar-refractivity contribution is -0.124. The van der Waals surface area contributed by atoms with Gasteiger partial charge in [-0.25, -0.2) is 0 Å². The molecule has 0 spiro atoms. The van der Waals surface area contributed by atoms with Crippen LogP contribution < -0.4 is 11.1 Å². The predicted octanol–water partition coefficient (Wildman–Crippen LogP) is 1.26. The van der Waals surface area contributed by atoms with E-state index in [0.29, 0.717) is 12.2 Å². The second-order valence-electron chi connectivity index (χ2n) is 6.80. The number of nitrogens with zero attached hydrogens (tertiary/aromatic N) is 1. The summed E-state index contributed by atoms with van der Waals surface area (Å²) < 4.78 is 5.85. The van der Waals surface area contributed by atoms with E-state index in [0.717, 1.165) is 51.9 Å². The van der Waals surface area contributed by atoms with Crippen LogP contribution >= 0.6 is 0 Å². The Kier molecular flexibility index (Phi) is 6.02. The summed E-state index contributed by atoms with van der Waals surface area (Å²) in [6, 6.07) is 0. The molecule has 2 fully saturated rings. The van der Waals surface area contributed by atoms with Crippen LogP contribution in [0.15, 0.2) is 0 Å². The number of morpholine rings is 1. The summed E-state index contributed by atoms with van der Waals surface area (Å²) in [6.07, 6.45) is 7.36. The van der Waals surface area contributed by atoms with Gasteiger partial charge in [0.15, 0.2) is 0 Å². The predicted molar refractivity (Wildman–Crippen MR) is 84.1 cm³/mol. The van der Waals surface area contributed by atoms with Crippen molar-refractivity contribution in [1.29, 1.82) is 0 Å². The van der Waals surface area contributed by atoms with E-state index in [1.165, 1.54) is 12.8 Å². The zero-order chi connectivity index (χ0) is 15.3. The molecule has 0 aromatic carbocycles. The van der Waals surface area contributed by atoms with Gasteiger partial charge in [-0.3, -0.25) is 9.69 Å². The van der Waals surface area contributed by atoms with Gasteiger partial charge in [-0.2, -0.15) is 0 Å². The number of hydrogen-bond acceptors (Lipinski definition) is 4. The van der Waals surface area contributed by atoms with E-state index in [2.05, 4.69) is 17.1 Å². The highest BCUT2D eigenvalue weighted by Crippen LogP contribution is 2.26. The number of carbonyl (C=O) groups excluding carboxylic acids is 1. The SMILES string of the molecule is CCCNC(C)(CCCCN1CC2CCC(C1)O2)C(N)=O. The van der Waals surface area contributed by atoms with Crippen LogP contribution in [0.25, 0.3) is 0 Å². The van der Waals surface area contributed by atoms with Crippen molar-refractivity contribution in [3.8, 4) is 0 Å². The fraction of sp³-hybridized carbons (Fsp3) is 0.938. The monoisotopic (exact) mass is 297 g/mol. The lowest BCUT2D eigenvalue weighted by atomic mass is 9.93. The van der Waals surface area contributed by atoms with Crippen molar-refractivity contribution in [3.63, 3.8) is 0 Å². The van der Waals surface area contributed by atoms with Crippen molar-refractivity contribution < 1.29 is 9.53 Å². The van der Waals surface area contributed by atoms with Gasteiger partial charge in [-0.15, -0.1) is 0 Å². The molecule has 2 bridgehead atoms. The normalized spacial score (nSPS) is 28.5. The number of nitrogens with two attached hydrogens (primary N) is 1. The van der Waals surface area contributed by atoms with Gasteiger partial charge in [-0.1, -0.05) is 6.92 Å². The number of fused-ring (bicyclic) bond motifs is 2. The molecule has 2 aliphatic heterocycles. The number of ether oxygens (including phenoxy) is 1. The van der Waals surface area contributed by atoms with Crippen molar-refractivity contribution in [3.05, 3.63) is 0 Å². The summed E-state index contributed by atoms with van der Waals surface area (Å²) in [5.74, 6) is -0.236. The molecular formula is C16H31N3O2. The molecule has 0 saturated carbocycles. The van der Waals surface area contributed by atoms with Crippen molar-refractivity contribution in [1.82, 2.24) is 10.2 Å². The van der Waals surface area contributed by atoms with E-state index in [1.807, 2.05) is 6.92 Å². The molecule has 5 heteroatoms. The third-order valence-electron chi connectivity index (χ3n) is 4.83. The Morgan fingerprint density at radius 2 is 2.00 bits per heavy atom.